The van der Waals surface area contributed by atoms with Gasteiger partial charge in [-0.15, -0.1) is 0 Å². The fraction of sp³-hybridized carbons (Fsp3) is 0.767. The van der Waals surface area contributed by atoms with E-state index in [0.717, 1.165) is 0 Å². The molecular weight excluding hydrogens is 980 g/mol. The Morgan fingerprint density at radius 3 is 2.01 bits per heavy atom. The molecule has 0 aliphatic rings. The second kappa shape index (κ2) is 38.9. The van der Waals surface area contributed by atoms with E-state index in [1.165, 1.54) is 18.7 Å². The van der Waals surface area contributed by atoms with Crippen LogP contribution >= 0.6 is 19.6 Å². The normalized spacial score (nSPS) is 14.5. The molecule has 0 aromatic rings. The van der Waals surface area contributed by atoms with Gasteiger partial charge in [-0.2, -0.15) is 11.8 Å². The number of carbonyl (C=O) groups excluding carboxylic acids is 7. The molecule has 0 aliphatic carbocycles. The topological polar surface area (TPSA) is 430 Å². The van der Waals surface area contributed by atoms with Crippen LogP contribution in [0, 0.1) is 11.8 Å². The van der Waals surface area contributed by atoms with E-state index in [0.29, 0.717) is 38.0 Å². The zero-order chi connectivity index (χ0) is 53.8. The van der Waals surface area contributed by atoms with Crippen LogP contribution in [-0.2, 0) is 71.0 Å². The molecule has 26 nitrogen and oxygen atoms in total. The van der Waals surface area contributed by atoms with Crippen LogP contribution in [0.1, 0.15) is 111 Å². The Hall–Kier alpha value is -4.76. The minimum absolute atomic E-state index is 0.00661. The fourth-order valence-electron chi connectivity index (χ4n) is 6.08. The fourth-order valence-corrected chi connectivity index (χ4v) is 7.64. The average Bonchev–Trinajstić information content (AvgIpc) is 3.30. The summed E-state index contributed by atoms with van der Waals surface area (Å²) in [6.07, 6.45) is -0.355. The summed E-state index contributed by atoms with van der Waals surface area (Å²) in [6, 6.07) is -3.41. The molecule has 0 radical (unpaired) electrons. The monoisotopic (exact) mass is 1060 g/mol. The van der Waals surface area contributed by atoms with Crippen molar-refractivity contribution in [2.24, 2.45) is 39.8 Å². The highest BCUT2D eigenvalue weighted by Gasteiger charge is 2.32. The van der Waals surface area contributed by atoms with Gasteiger partial charge in [0.1, 0.15) is 6.61 Å². The van der Waals surface area contributed by atoms with Gasteiger partial charge in [-0.3, -0.25) is 57.2 Å². The Balaban J connectivity index is 5.18. The van der Waals surface area contributed by atoms with Gasteiger partial charge in [0.15, 0.2) is 23.6 Å². The summed E-state index contributed by atoms with van der Waals surface area (Å²) < 4.78 is 37.8. The number of amides is 3. The summed E-state index contributed by atoms with van der Waals surface area (Å²) in [5.74, 6) is -8.73. The number of nitrogens with two attached hydrogens (primary N) is 4. The van der Waals surface area contributed by atoms with E-state index in [4.69, 9.17) is 46.2 Å². The molecule has 0 aliphatic heterocycles. The van der Waals surface area contributed by atoms with Crippen molar-refractivity contribution in [2.75, 3.05) is 64.2 Å². The number of rotatable bonds is 44. The lowest BCUT2D eigenvalue weighted by atomic mass is 9.90. The van der Waals surface area contributed by atoms with Gasteiger partial charge in [0.25, 0.3) is 0 Å². The number of carbonyl (C=O) groups is 9. The number of ketones is 2. The third-order valence-electron chi connectivity index (χ3n) is 9.97. The summed E-state index contributed by atoms with van der Waals surface area (Å²) in [7, 11) is -4.65. The van der Waals surface area contributed by atoms with Crippen LogP contribution < -0.4 is 38.9 Å². The second-order valence-electron chi connectivity index (χ2n) is 16.4. The van der Waals surface area contributed by atoms with Crippen molar-refractivity contribution in [3.8, 4) is 0 Å². The van der Waals surface area contributed by atoms with Crippen molar-refractivity contribution in [2.45, 2.75) is 135 Å². The van der Waals surface area contributed by atoms with E-state index in [1.807, 2.05) is 0 Å². The molecule has 0 bridgehead atoms. The van der Waals surface area contributed by atoms with Gasteiger partial charge in [-0.1, -0.05) is 20.8 Å². The second-order valence-corrected chi connectivity index (χ2v) is 19.0. The van der Waals surface area contributed by atoms with Crippen molar-refractivity contribution in [1.29, 1.82) is 0 Å². The Bertz CT molecular complexity index is 1760. The Kier molecular flexibility index (Phi) is 36.3. The number of hydrogen-bond acceptors (Lipinski definition) is 19. The molecule has 0 rings (SSSR count). The highest BCUT2D eigenvalue weighted by molar-refractivity contribution is 7.99. The number of carboxylic acid groups (broad SMARTS) is 2. The number of ether oxygens (including phenoxy) is 3. The standard InChI is InChI=1S/C43H77N8O18PS/c1-4-9-38(57)66-25-30(69-39(58)10-5-2)26-68-70(63,64)67-20-18-48-36(54)15-19-65-21-22-71-27-31(45)41(60)51-33(12-8-17-49-43(46)47)35(53)24-29(13-14-37(55)56)40(59)50-32(11-6-7-16-44)34(52)23-28(3)42(61)62/h28-33H,4-27,44-45H2,1-3H3,(H,48,54)(H,50,59)(H,51,60)(H,55,56)(H,61,62)(H,63,64)(H4,46,47,49). The number of hydrogen-bond donors (Lipinski definition) is 10. The first-order valence-electron chi connectivity index (χ1n) is 23.6. The molecule has 14 N–H and O–H groups in total. The third-order valence-corrected chi connectivity index (χ3v) is 12.0. The zero-order valence-corrected chi connectivity index (χ0v) is 42.7. The van der Waals surface area contributed by atoms with Crippen molar-refractivity contribution in [3.63, 3.8) is 0 Å². The number of aliphatic carboxylic acids is 2. The number of guanidine groups is 1. The van der Waals surface area contributed by atoms with Crippen LogP contribution in [0.3, 0.4) is 0 Å². The SMILES string of the molecule is CCCC(=O)OCC(COP(=O)(O)OCCNC(=O)CCOCCSCC(N)C(=O)NC(CCCN=C(N)N)C(=O)CC(CCC(=O)O)C(=O)NC(CCCCN)C(=O)CC(C)C(=O)O)OC(=O)CCC. The Morgan fingerprint density at radius 2 is 1.39 bits per heavy atom. The number of nitrogens with zero attached hydrogens (tertiary/aromatic N) is 1. The number of phosphoric ester groups is 1. The van der Waals surface area contributed by atoms with E-state index >= 15 is 0 Å². The maximum Gasteiger partial charge on any atom is 0.472 e. The lowest BCUT2D eigenvalue weighted by Crippen LogP contribution is -2.50. The highest BCUT2D eigenvalue weighted by atomic mass is 32.2. The van der Waals surface area contributed by atoms with Crippen molar-refractivity contribution >= 4 is 78.7 Å². The van der Waals surface area contributed by atoms with Gasteiger partial charge in [-0.05, 0) is 57.9 Å². The van der Waals surface area contributed by atoms with Crippen molar-refractivity contribution < 1.29 is 86.1 Å². The molecule has 3 amide bonds. The lowest BCUT2D eigenvalue weighted by molar-refractivity contribution is -0.161. The van der Waals surface area contributed by atoms with Gasteiger partial charge in [0.2, 0.25) is 17.7 Å². The number of Topliss-reactive ketones (excluding diaryl/α,β-unsaturated/α-hetero) is 2. The van der Waals surface area contributed by atoms with Crippen molar-refractivity contribution in [3.05, 3.63) is 0 Å². The van der Waals surface area contributed by atoms with E-state index in [-0.39, 0.29) is 96.0 Å². The maximum absolute atomic E-state index is 13.8. The first kappa shape index (κ1) is 66.2. The quantitative estimate of drug-likeness (QED) is 0.0126. The van der Waals surface area contributed by atoms with Crippen LogP contribution in [0.2, 0.25) is 0 Å². The van der Waals surface area contributed by atoms with Gasteiger partial charge < -0.3 is 68.2 Å². The molecule has 0 aromatic heterocycles. The van der Waals surface area contributed by atoms with Crippen molar-refractivity contribution in [1.82, 2.24) is 16.0 Å². The predicted molar refractivity (Wildman–Crippen MR) is 259 cm³/mol. The molecule has 7 atom stereocenters. The van der Waals surface area contributed by atoms with E-state index in [9.17, 15) is 62.8 Å². The Morgan fingerprint density at radius 1 is 0.761 bits per heavy atom. The first-order chi connectivity index (χ1) is 33.5. The van der Waals surface area contributed by atoms with Crippen LogP contribution in [0.15, 0.2) is 4.99 Å². The molecule has 0 heterocycles. The first-order valence-corrected chi connectivity index (χ1v) is 26.2. The lowest BCUT2D eigenvalue weighted by Gasteiger charge is -2.24. The summed E-state index contributed by atoms with van der Waals surface area (Å²) in [6.45, 7) is 3.89. The smallest absolute Gasteiger partial charge is 0.472 e. The molecule has 408 valence electrons. The molecule has 71 heavy (non-hydrogen) atoms. The molecule has 0 fully saturated rings. The number of phosphoric acid groups is 1. The molecular formula is C43H77N8O18PS. The third kappa shape index (κ3) is 34.3. The largest absolute Gasteiger partial charge is 0.481 e. The van der Waals surface area contributed by atoms with E-state index in [1.54, 1.807) is 13.8 Å². The average molecular weight is 1060 g/mol. The minimum Gasteiger partial charge on any atom is -0.481 e. The minimum atomic E-state index is -4.65. The number of thioether (sulfide) groups is 1. The molecule has 0 saturated carbocycles. The van der Waals surface area contributed by atoms with Crippen LogP contribution in [0.5, 0.6) is 0 Å². The van der Waals surface area contributed by atoms with Crippen LogP contribution in [0.25, 0.3) is 0 Å². The maximum atomic E-state index is 13.8. The molecule has 7 unspecified atom stereocenters. The number of aliphatic imine (C=N–C) groups is 1. The number of esters is 2. The Labute approximate surface area is 418 Å². The highest BCUT2D eigenvalue weighted by Crippen LogP contribution is 2.43. The molecule has 0 saturated heterocycles. The van der Waals surface area contributed by atoms with E-state index < -0.39 is 123 Å². The number of nitrogens with one attached hydrogen (secondary N) is 3. The van der Waals surface area contributed by atoms with Gasteiger partial charge in [-0.25, -0.2) is 4.57 Å². The van der Waals surface area contributed by atoms with Crippen LogP contribution in [-0.4, -0.2) is 163 Å². The van der Waals surface area contributed by atoms with Gasteiger partial charge in [0, 0.05) is 69.0 Å². The number of unbranched alkanes of at least 4 members (excludes halogenated alkanes) is 1. The summed E-state index contributed by atoms with van der Waals surface area (Å²) in [4.78, 5) is 126. The predicted octanol–water partition coefficient (Wildman–Crippen LogP) is 0.0309. The number of carboxylic acids is 2. The van der Waals surface area contributed by atoms with Crippen LogP contribution in [0.4, 0.5) is 0 Å². The summed E-state index contributed by atoms with van der Waals surface area (Å²) in [5, 5.41) is 26.4. The van der Waals surface area contributed by atoms with Gasteiger partial charge in [0.05, 0.1) is 50.5 Å². The molecule has 28 heteroatoms. The summed E-state index contributed by atoms with van der Waals surface area (Å²) in [5.41, 5.74) is 22.6. The molecule has 0 aromatic carbocycles. The molecule has 0 spiro atoms. The van der Waals surface area contributed by atoms with Gasteiger partial charge >= 0.3 is 31.7 Å². The summed E-state index contributed by atoms with van der Waals surface area (Å²) >= 11 is 1.25. The van der Waals surface area contributed by atoms with E-state index in [2.05, 4.69) is 20.9 Å². The zero-order valence-electron chi connectivity index (χ0n) is 41.0.